The van der Waals surface area contributed by atoms with Gasteiger partial charge < -0.3 is 10.4 Å². The van der Waals surface area contributed by atoms with Crippen molar-refractivity contribution >= 4 is 21.2 Å². The molecule has 1 aromatic heterocycles. The van der Waals surface area contributed by atoms with Gasteiger partial charge >= 0.3 is 0 Å². The van der Waals surface area contributed by atoms with Crippen LogP contribution in [0.25, 0.3) is 0 Å². The van der Waals surface area contributed by atoms with Crippen molar-refractivity contribution < 1.29 is 13.5 Å². The molecular formula is C10H17NO3S2. The van der Waals surface area contributed by atoms with Crippen LogP contribution in [0.1, 0.15) is 18.1 Å². The second-order valence-corrected chi connectivity index (χ2v) is 6.80. The van der Waals surface area contributed by atoms with Crippen molar-refractivity contribution in [2.24, 2.45) is 0 Å². The number of thiophene rings is 1. The van der Waals surface area contributed by atoms with Gasteiger partial charge in [0.25, 0.3) is 0 Å². The van der Waals surface area contributed by atoms with Crippen LogP contribution < -0.4 is 5.32 Å². The van der Waals surface area contributed by atoms with Crippen molar-refractivity contribution in [2.75, 3.05) is 25.1 Å². The first-order valence-electron chi connectivity index (χ1n) is 5.07. The van der Waals surface area contributed by atoms with Crippen LogP contribution in [0.4, 0.5) is 0 Å². The van der Waals surface area contributed by atoms with Crippen molar-refractivity contribution in [3.8, 4) is 0 Å². The van der Waals surface area contributed by atoms with E-state index in [-0.39, 0.29) is 5.75 Å². The molecule has 1 unspecified atom stereocenters. The van der Waals surface area contributed by atoms with Gasteiger partial charge in [-0.3, -0.25) is 0 Å². The maximum atomic E-state index is 10.8. The Kier molecular flexibility index (Phi) is 5.40. The van der Waals surface area contributed by atoms with Gasteiger partial charge in [-0.25, -0.2) is 8.42 Å². The Balaban J connectivity index is 2.12. The molecular weight excluding hydrogens is 246 g/mol. The van der Waals surface area contributed by atoms with Crippen molar-refractivity contribution in [1.29, 1.82) is 0 Å². The topological polar surface area (TPSA) is 66.4 Å². The molecule has 0 aliphatic rings. The van der Waals surface area contributed by atoms with Crippen LogP contribution in [0.5, 0.6) is 0 Å². The number of aliphatic hydroxyl groups excluding tert-OH is 1. The minimum Gasteiger partial charge on any atom is -0.387 e. The largest absolute Gasteiger partial charge is 0.387 e. The molecule has 4 nitrogen and oxygen atoms in total. The molecule has 0 aliphatic carbocycles. The Morgan fingerprint density at radius 2 is 2.31 bits per heavy atom. The number of hydrogen-bond acceptors (Lipinski definition) is 5. The number of aliphatic hydroxyl groups is 1. The second kappa shape index (κ2) is 6.34. The molecule has 0 saturated heterocycles. The Hall–Kier alpha value is -0.430. The Bertz CT molecular complexity index is 386. The summed E-state index contributed by atoms with van der Waals surface area (Å²) < 4.78 is 21.7. The molecule has 2 N–H and O–H groups in total. The molecule has 1 heterocycles. The third-order valence-electron chi connectivity index (χ3n) is 2.13. The van der Waals surface area contributed by atoms with Crippen LogP contribution >= 0.6 is 11.3 Å². The molecule has 0 saturated carbocycles. The van der Waals surface area contributed by atoms with Gasteiger partial charge in [0.15, 0.2) is 0 Å². The molecule has 6 heteroatoms. The van der Waals surface area contributed by atoms with Gasteiger partial charge in [-0.2, -0.15) is 11.3 Å². The summed E-state index contributed by atoms with van der Waals surface area (Å²) in [4.78, 5) is 0. The van der Waals surface area contributed by atoms with Gasteiger partial charge in [-0.1, -0.05) is 0 Å². The predicted octanol–water partition coefficient (Wildman–Crippen LogP) is 0.806. The lowest BCUT2D eigenvalue weighted by Crippen LogP contribution is -2.23. The highest BCUT2D eigenvalue weighted by Crippen LogP contribution is 2.14. The van der Waals surface area contributed by atoms with Crippen molar-refractivity contribution in [2.45, 2.75) is 12.5 Å². The zero-order valence-electron chi connectivity index (χ0n) is 9.22. The zero-order valence-corrected chi connectivity index (χ0v) is 10.9. The number of sulfone groups is 1. The summed E-state index contributed by atoms with van der Waals surface area (Å²) in [6.07, 6.45) is 1.30. The minimum atomic E-state index is -2.87. The molecule has 0 radical (unpaired) electrons. The third-order valence-corrected chi connectivity index (χ3v) is 3.87. The van der Waals surface area contributed by atoms with Crippen LogP contribution in [-0.2, 0) is 9.84 Å². The summed E-state index contributed by atoms with van der Waals surface area (Å²) in [5.74, 6) is 0.189. The van der Waals surface area contributed by atoms with Crippen molar-refractivity contribution in [3.63, 3.8) is 0 Å². The molecule has 1 aromatic rings. The highest BCUT2D eigenvalue weighted by atomic mass is 32.2. The van der Waals surface area contributed by atoms with E-state index in [9.17, 15) is 13.5 Å². The molecule has 0 spiro atoms. The zero-order chi connectivity index (χ0) is 12.0. The standard InChI is InChI=1S/C10H17NO3S2/c1-16(13,14)6-2-4-11-7-10(12)9-3-5-15-8-9/h3,5,8,10-12H,2,4,6-7H2,1H3. The van der Waals surface area contributed by atoms with Crippen LogP contribution in [0, 0.1) is 0 Å². The van der Waals surface area contributed by atoms with Gasteiger partial charge in [0.1, 0.15) is 9.84 Å². The Labute approximate surface area is 100 Å². The van der Waals surface area contributed by atoms with Crippen LogP contribution in [0.2, 0.25) is 0 Å². The van der Waals surface area contributed by atoms with Gasteiger partial charge in [-0.05, 0) is 35.4 Å². The van der Waals surface area contributed by atoms with E-state index in [1.54, 1.807) is 11.3 Å². The Morgan fingerprint density at radius 3 is 2.88 bits per heavy atom. The van der Waals surface area contributed by atoms with Gasteiger partial charge in [0.2, 0.25) is 0 Å². The molecule has 92 valence electrons. The highest BCUT2D eigenvalue weighted by molar-refractivity contribution is 7.90. The lowest BCUT2D eigenvalue weighted by atomic mass is 10.2. The van der Waals surface area contributed by atoms with Crippen LogP contribution in [0.15, 0.2) is 16.8 Å². The molecule has 0 amide bonds. The van der Waals surface area contributed by atoms with E-state index in [2.05, 4.69) is 5.32 Å². The molecule has 16 heavy (non-hydrogen) atoms. The maximum absolute atomic E-state index is 10.8. The number of hydrogen-bond donors (Lipinski definition) is 2. The summed E-state index contributed by atoms with van der Waals surface area (Å²) in [6.45, 7) is 1.06. The molecule has 1 atom stereocenters. The predicted molar refractivity (Wildman–Crippen MR) is 66.5 cm³/mol. The summed E-state index contributed by atoms with van der Waals surface area (Å²) in [5.41, 5.74) is 0.903. The first kappa shape index (κ1) is 13.6. The van der Waals surface area contributed by atoms with Gasteiger partial charge in [0, 0.05) is 12.8 Å². The lowest BCUT2D eigenvalue weighted by Gasteiger charge is -2.09. The van der Waals surface area contributed by atoms with E-state index < -0.39 is 15.9 Å². The minimum absolute atomic E-state index is 0.189. The van der Waals surface area contributed by atoms with E-state index in [1.807, 2.05) is 16.8 Å². The molecule has 1 rings (SSSR count). The second-order valence-electron chi connectivity index (χ2n) is 3.76. The number of rotatable bonds is 7. The maximum Gasteiger partial charge on any atom is 0.147 e. The highest BCUT2D eigenvalue weighted by Gasteiger charge is 2.07. The number of nitrogens with one attached hydrogen (secondary N) is 1. The third kappa shape index (κ3) is 5.60. The average molecular weight is 263 g/mol. The van der Waals surface area contributed by atoms with E-state index in [1.165, 1.54) is 6.26 Å². The van der Waals surface area contributed by atoms with Crippen molar-refractivity contribution in [1.82, 2.24) is 5.32 Å². The van der Waals surface area contributed by atoms with Crippen LogP contribution in [0.3, 0.4) is 0 Å². The smallest absolute Gasteiger partial charge is 0.147 e. The Morgan fingerprint density at radius 1 is 1.56 bits per heavy atom. The molecule has 0 aliphatic heterocycles. The average Bonchev–Trinajstić information content (AvgIpc) is 2.67. The molecule has 0 bridgehead atoms. The van der Waals surface area contributed by atoms with Crippen LogP contribution in [-0.4, -0.2) is 38.6 Å². The van der Waals surface area contributed by atoms with Crippen molar-refractivity contribution in [3.05, 3.63) is 22.4 Å². The van der Waals surface area contributed by atoms with E-state index in [0.717, 1.165) is 5.56 Å². The van der Waals surface area contributed by atoms with Gasteiger partial charge in [-0.15, -0.1) is 0 Å². The van der Waals surface area contributed by atoms with Gasteiger partial charge in [0.05, 0.1) is 11.9 Å². The summed E-state index contributed by atoms with van der Waals surface area (Å²) in [6, 6.07) is 1.88. The quantitative estimate of drug-likeness (QED) is 0.714. The molecule has 0 fully saturated rings. The normalized spacial score (nSPS) is 13.9. The SMILES string of the molecule is CS(=O)(=O)CCCNCC(O)c1ccsc1. The first-order valence-corrected chi connectivity index (χ1v) is 8.08. The monoisotopic (exact) mass is 263 g/mol. The van der Waals surface area contributed by atoms with E-state index >= 15 is 0 Å². The lowest BCUT2D eigenvalue weighted by molar-refractivity contribution is 0.175. The van der Waals surface area contributed by atoms with E-state index in [4.69, 9.17) is 0 Å². The fraction of sp³-hybridized carbons (Fsp3) is 0.600. The summed E-state index contributed by atoms with van der Waals surface area (Å²) in [5, 5.41) is 16.6. The summed E-state index contributed by atoms with van der Waals surface area (Å²) >= 11 is 1.55. The summed E-state index contributed by atoms with van der Waals surface area (Å²) in [7, 11) is -2.87. The molecule has 0 aromatic carbocycles. The van der Waals surface area contributed by atoms with E-state index in [0.29, 0.717) is 19.5 Å². The fourth-order valence-corrected chi connectivity index (χ4v) is 2.66. The fourth-order valence-electron chi connectivity index (χ4n) is 1.28. The first-order chi connectivity index (χ1) is 7.49.